The molecule has 3 nitrogen and oxygen atoms in total. The van der Waals surface area contributed by atoms with E-state index in [9.17, 15) is 4.79 Å². The third-order valence-corrected chi connectivity index (χ3v) is 4.18. The summed E-state index contributed by atoms with van der Waals surface area (Å²) in [7, 11) is 0. The van der Waals surface area contributed by atoms with E-state index in [4.69, 9.17) is 0 Å². The predicted molar refractivity (Wildman–Crippen MR) is 93.1 cm³/mol. The number of carbonyl (C=O) groups is 1. The molecule has 0 heterocycles. The molecule has 0 saturated heterocycles. The van der Waals surface area contributed by atoms with Crippen molar-refractivity contribution in [3.63, 3.8) is 0 Å². The van der Waals surface area contributed by atoms with Crippen LogP contribution in [-0.4, -0.2) is 12.5 Å². The van der Waals surface area contributed by atoms with Crippen LogP contribution in [0.2, 0.25) is 0 Å². The Morgan fingerprint density at radius 2 is 1.60 bits per heavy atom. The van der Waals surface area contributed by atoms with Crippen LogP contribution in [0.3, 0.4) is 0 Å². The first-order valence-corrected chi connectivity index (χ1v) is 8.17. The Labute approximate surface area is 142 Å². The third-order valence-electron chi connectivity index (χ3n) is 2.50. The molecular formula is C14H11Br3N2O. The van der Waals surface area contributed by atoms with Crippen LogP contribution in [0.1, 0.15) is 0 Å². The lowest BCUT2D eigenvalue weighted by molar-refractivity contribution is -0.114. The van der Waals surface area contributed by atoms with E-state index in [2.05, 4.69) is 58.4 Å². The van der Waals surface area contributed by atoms with Crippen molar-refractivity contribution in [2.24, 2.45) is 0 Å². The number of hydrogen-bond acceptors (Lipinski definition) is 2. The molecule has 1 amide bonds. The highest BCUT2D eigenvalue weighted by Crippen LogP contribution is 2.25. The first-order valence-electron chi connectivity index (χ1n) is 5.79. The average molecular weight is 463 g/mol. The minimum atomic E-state index is -0.0952. The van der Waals surface area contributed by atoms with Gasteiger partial charge in [-0.1, -0.05) is 31.9 Å². The van der Waals surface area contributed by atoms with Gasteiger partial charge in [0.15, 0.2) is 0 Å². The van der Waals surface area contributed by atoms with Gasteiger partial charge < -0.3 is 10.6 Å². The van der Waals surface area contributed by atoms with Crippen molar-refractivity contribution in [2.75, 3.05) is 17.2 Å². The molecule has 0 aliphatic rings. The second kappa shape index (κ2) is 7.24. The fourth-order valence-electron chi connectivity index (χ4n) is 1.55. The molecule has 0 bridgehead atoms. The number of benzene rings is 2. The maximum atomic E-state index is 11.8. The third kappa shape index (κ3) is 4.61. The van der Waals surface area contributed by atoms with Gasteiger partial charge in [0.05, 0.1) is 6.54 Å². The highest BCUT2D eigenvalue weighted by Gasteiger charge is 2.04. The summed E-state index contributed by atoms with van der Waals surface area (Å²) in [4.78, 5) is 11.8. The van der Waals surface area contributed by atoms with Crippen molar-refractivity contribution in [3.05, 3.63) is 55.9 Å². The van der Waals surface area contributed by atoms with Gasteiger partial charge >= 0.3 is 0 Å². The highest BCUT2D eigenvalue weighted by atomic mass is 79.9. The van der Waals surface area contributed by atoms with E-state index < -0.39 is 0 Å². The van der Waals surface area contributed by atoms with Crippen LogP contribution in [0.5, 0.6) is 0 Å². The zero-order valence-corrected chi connectivity index (χ0v) is 15.0. The Morgan fingerprint density at radius 1 is 0.950 bits per heavy atom. The monoisotopic (exact) mass is 460 g/mol. The molecule has 2 aromatic rings. The van der Waals surface area contributed by atoms with Gasteiger partial charge in [-0.05, 0) is 58.4 Å². The number of halogens is 3. The fraction of sp³-hybridized carbons (Fsp3) is 0.0714. The van der Waals surface area contributed by atoms with Gasteiger partial charge in [-0.3, -0.25) is 4.79 Å². The number of hydrogen-bond donors (Lipinski definition) is 2. The van der Waals surface area contributed by atoms with Crippen LogP contribution >= 0.6 is 47.8 Å². The molecule has 0 spiro atoms. The van der Waals surface area contributed by atoms with Crippen molar-refractivity contribution in [2.45, 2.75) is 0 Å². The topological polar surface area (TPSA) is 41.1 Å². The summed E-state index contributed by atoms with van der Waals surface area (Å²) in [6.07, 6.45) is 0. The quantitative estimate of drug-likeness (QED) is 0.669. The minimum absolute atomic E-state index is 0.0952. The van der Waals surface area contributed by atoms with Crippen LogP contribution in [-0.2, 0) is 4.79 Å². The maximum Gasteiger partial charge on any atom is 0.243 e. The summed E-state index contributed by atoms with van der Waals surface area (Å²) >= 11 is 10.2. The second-order valence-corrected chi connectivity index (χ2v) is 6.72. The van der Waals surface area contributed by atoms with E-state index in [1.165, 1.54) is 0 Å². The van der Waals surface area contributed by atoms with Crippen molar-refractivity contribution in [3.8, 4) is 0 Å². The molecule has 2 rings (SSSR count). The van der Waals surface area contributed by atoms with Crippen LogP contribution in [0.4, 0.5) is 11.4 Å². The van der Waals surface area contributed by atoms with Gasteiger partial charge in [0.1, 0.15) is 0 Å². The van der Waals surface area contributed by atoms with Crippen molar-refractivity contribution in [1.29, 1.82) is 0 Å². The lowest BCUT2D eigenvalue weighted by atomic mass is 10.3. The lowest BCUT2D eigenvalue weighted by Gasteiger charge is -2.09. The van der Waals surface area contributed by atoms with Crippen molar-refractivity contribution < 1.29 is 4.79 Å². The van der Waals surface area contributed by atoms with Gasteiger partial charge in [0.2, 0.25) is 5.91 Å². The molecular weight excluding hydrogens is 452 g/mol. The summed E-state index contributed by atoms with van der Waals surface area (Å²) < 4.78 is 2.87. The van der Waals surface area contributed by atoms with Gasteiger partial charge in [-0.25, -0.2) is 0 Å². The van der Waals surface area contributed by atoms with Crippen molar-refractivity contribution in [1.82, 2.24) is 0 Å². The first kappa shape index (κ1) is 15.5. The summed E-state index contributed by atoms with van der Waals surface area (Å²) in [5, 5.41) is 5.91. The Morgan fingerprint density at radius 3 is 2.25 bits per heavy atom. The molecule has 0 atom stereocenters. The summed E-state index contributed by atoms with van der Waals surface area (Å²) in [6.45, 7) is 0.205. The summed E-state index contributed by atoms with van der Waals surface area (Å²) in [5.74, 6) is -0.0952. The Bertz CT molecular complexity index is 614. The van der Waals surface area contributed by atoms with E-state index in [1.807, 2.05) is 42.5 Å². The number of carbonyl (C=O) groups excluding carboxylic acids is 1. The zero-order chi connectivity index (χ0) is 14.5. The van der Waals surface area contributed by atoms with E-state index in [1.54, 1.807) is 0 Å². The van der Waals surface area contributed by atoms with Gasteiger partial charge in [0.25, 0.3) is 0 Å². The Hall–Kier alpha value is -0.850. The maximum absolute atomic E-state index is 11.8. The Kier molecular flexibility index (Phi) is 5.63. The van der Waals surface area contributed by atoms with Gasteiger partial charge in [0, 0.05) is 24.8 Å². The molecule has 2 aromatic carbocycles. The molecule has 2 N–H and O–H groups in total. The first-order chi connectivity index (χ1) is 9.54. The molecule has 0 aromatic heterocycles. The smallest absolute Gasteiger partial charge is 0.243 e. The normalized spacial score (nSPS) is 10.2. The molecule has 0 unspecified atom stereocenters. The number of amides is 1. The van der Waals surface area contributed by atoms with Crippen LogP contribution < -0.4 is 10.6 Å². The van der Waals surface area contributed by atoms with Crippen LogP contribution in [0.15, 0.2) is 55.9 Å². The lowest BCUT2D eigenvalue weighted by Crippen LogP contribution is -2.21. The van der Waals surface area contributed by atoms with Gasteiger partial charge in [-0.2, -0.15) is 0 Å². The summed E-state index contributed by atoms with van der Waals surface area (Å²) in [6, 6.07) is 13.2. The molecule has 0 saturated carbocycles. The molecule has 0 aliphatic heterocycles. The molecule has 6 heteroatoms. The molecule has 0 radical (unpaired) electrons. The Balaban J connectivity index is 1.90. The largest absolute Gasteiger partial charge is 0.375 e. The standard InChI is InChI=1S/C14H11Br3N2O/c15-9-1-4-11(5-2-9)19-14(20)8-18-13-6-3-10(16)7-12(13)17/h1-7,18H,8H2,(H,19,20). The SMILES string of the molecule is O=C(CNc1ccc(Br)cc1Br)Nc1ccc(Br)cc1. The molecule has 0 fully saturated rings. The average Bonchev–Trinajstić information content (AvgIpc) is 2.40. The summed E-state index contributed by atoms with van der Waals surface area (Å²) in [5.41, 5.74) is 1.65. The zero-order valence-electron chi connectivity index (χ0n) is 10.3. The predicted octanol–water partition coefficient (Wildman–Crippen LogP) is 5.02. The van der Waals surface area contributed by atoms with E-state index in [0.717, 1.165) is 24.8 Å². The molecule has 104 valence electrons. The number of anilines is 2. The molecule has 20 heavy (non-hydrogen) atoms. The second-order valence-electron chi connectivity index (χ2n) is 4.03. The number of nitrogens with one attached hydrogen (secondary N) is 2. The van der Waals surface area contributed by atoms with Crippen molar-refractivity contribution >= 4 is 65.1 Å². The van der Waals surface area contributed by atoms with Crippen LogP contribution in [0.25, 0.3) is 0 Å². The minimum Gasteiger partial charge on any atom is -0.375 e. The molecule has 0 aliphatic carbocycles. The van der Waals surface area contributed by atoms with E-state index in [-0.39, 0.29) is 12.5 Å². The van der Waals surface area contributed by atoms with E-state index >= 15 is 0 Å². The van der Waals surface area contributed by atoms with E-state index in [0.29, 0.717) is 0 Å². The highest BCUT2D eigenvalue weighted by molar-refractivity contribution is 9.11. The fourth-order valence-corrected chi connectivity index (χ4v) is 3.00. The van der Waals surface area contributed by atoms with Crippen LogP contribution in [0, 0.1) is 0 Å². The number of rotatable bonds is 4. The van der Waals surface area contributed by atoms with Gasteiger partial charge in [-0.15, -0.1) is 0 Å².